The molecule has 0 radical (unpaired) electrons. The molecule has 22 heavy (non-hydrogen) atoms. The highest BCUT2D eigenvalue weighted by Gasteiger charge is 2.18. The van der Waals surface area contributed by atoms with Crippen LogP contribution in [0.15, 0.2) is 29.4 Å². The molecule has 0 bridgehead atoms. The van der Waals surface area contributed by atoms with Gasteiger partial charge in [0.1, 0.15) is 5.82 Å². The van der Waals surface area contributed by atoms with E-state index in [9.17, 15) is 9.59 Å². The second-order valence-corrected chi connectivity index (χ2v) is 6.08. The second kappa shape index (κ2) is 7.22. The van der Waals surface area contributed by atoms with Crippen LogP contribution in [0.1, 0.15) is 37.0 Å². The van der Waals surface area contributed by atoms with Gasteiger partial charge in [-0.2, -0.15) is 0 Å². The van der Waals surface area contributed by atoms with Crippen molar-refractivity contribution in [3.05, 3.63) is 35.7 Å². The molecule has 1 aromatic carbocycles. The number of aryl methyl sites for hydroxylation is 1. The van der Waals surface area contributed by atoms with Crippen LogP contribution in [-0.2, 0) is 11.2 Å². The molecule has 1 aromatic heterocycles. The molecule has 116 valence electrons. The van der Waals surface area contributed by atoms with Crippen molar-refractivity contribution in [3.63, 3.8) is 0 Å². The molecule has 2 N–H and O–H groups in total. The normalized spacial score (nSPS) is 12.0. The zero-order valence-electron chi connectivity index (χ0n) is 12.7. The van der Waals surface area contributed by atoms with E-state index < -0.39 is 0 Å². The largest absolute Gasteiger partial charge is 0.324 e. The molecular formula is C15H18N4O2S. The number of H-pyrrole nitrogens is 1. The Kier molecular flexibility index (Phi) is 5.32. The molecule has 2 rings (SSSR count). The smallest absolute Gasteiger partial charge is 0.237 e. The van der Waals surface area contributed by atoms with Crippen LogP contribution in [-0.4, -0.2) is 32.1 Å². The third-order valence-corrected chi connectivity index (χ3v) is 4.02. The first-order valence-electron chi connectivity index (χ1n) is 7.00. The van der Waals surface area contributed by atoms with Gasteiger partial charge in [-0.15, -0.1) is 5.10 Å². The van der Waals surface area contributed by atoms with Gasteiger partial charge in [0.2, 0.25) is 11.1 Å². The molecule has 1 amide bonds. The topological polar surface area (TPSA) is 87.7 Å². The fraction of sp³-hybridized carbons (Fsp3) is 0.333. The molecule has 1 unspecified atom stereocenters. The number of aromatic nitrogens is 3. The number of aromatic amines is 1. The van der Waals surface area contributed by atoms with Crippen LogP contribution in [0.3, 0.4) is 0 Å². The lowest BCUT2D eigenvalue weighted by Gasteiger charge is -2.12. The van der Waals surface area contributed by atoms with E-state index in [1.54, 1.807) is 31.2 Å². The van der Waals surface area contributed by atoms with Crippen molar-refractivity contribution in [3.8, 4) is 0 Å². The van der Waals surface area contributed by atoms with Crippen LogP contribution in [0.25, 0.3) is 0 Å². The average Bonchev–Trinajstić information content (AvgIpc) is 2.95. The second-order valence-electron chi connectivity index (χ2n) is 4.77. The lowest BCUT2D eigenvalue weighted by Crippen LogP contribution is -2.23. The number of thioether (sulfide) groups is 1. The Morgan fingerprint density at radius 2 is 2.09 bits per heavy atom. The molecule has 2 aromatic rings. The molecule has 0 fully saturated rings. The summed E-state index contributed by atoms with van der Waals surface area (Å²) in [6.07, 6.45) is 0.764. The number of carbonyl (C=O) groups is 2. The number of ketones is 1. The minimum atomic E-state index is -0.375. The van der Waals surface area contributed by atoms with E-state index in [-0.39, 0.29) is 16.9 Å². The predicted octanol–water partition coefficient (Wildman–Crippen LogP) is 2.69. The van der Waals surface area contributed by atoms with Gasteiger partial charge in [0.25, 0.3) is 0 Å². The average molecular weight is 318 g/mol. The monoisotopic (exact) mass is 318 g/mol. The number of rotatable bonds is 6. The van der Waals surface area contributed by atoms with Crippen LogP contribution in [0.2, 0.25) is 0 Å². The number of benzene rings is 1. The Balaban J connectivity index is 2.04. The van der Waals surface area contributed by atoms with Gasteiger partial charge < -0.3 is 5.32 Å². The Morgan fingerprint density at radius 1 is 1.36 bits per heavy atom. The maximum Gasteiger partial charge on any atom is 0.237 e. The standard InChI is InChI=1S/C15H18N4O2S/c1-4-13-17-15(19-18-13)22-10(3)14(21)16-12-8-6-5-7-11(12)9(2)20/h5-8,10H,4H2,1-3H3,(H,16,21)(H,17,18,19). The van der Waals surface area contributed by atoms with E-state index >= 15 is 0 Å². The van der Waals surface area contributed by atoms with E-state index in [0.717, 1.165) is 12.2 Å². The first-order chi connectivity index (χ1) is 10.5. The van der Waals surface area contributed by atoms with Gasteiger partial charge >= 0.3 is 0 Å². The number of nitrogens with zero attached hydrogens (tertiary/aromatic N) is 2. The van der Waals surface area contributed by atoms with Gasteiger partial charge in [0, 0.05) is 12.0 Å². The van der Waals surface area contributed by atoms with Crippen molar-refractivity contribution in [2.24, 2.45) is 0 Å². The van der Waals surface area contributed by atoms with Gasteiger partial charge in [-0.05, 0) is 26.0 Å². The number of hydrogen-bond donors (Lipinski definition) is 2. The molecule has 1 atom stereocenters. The van der Waals surface area contributed by atoms with Gasteiger partial charge in [-0.25, -0.2) is 4.98 Å². The molecule has 0 aliphatic rings. The maximum atomic E-state index is 12.3. The molecular weight excluding hydrogens is 300 g/mol. The molecule has 0 saturated carbocycles. The number of hydrogen-bond acceptors (Lipinski definition) is 5. The van der Waals surface area contributed by atoms with Crippen molar-refractivity contribution >= 4 is 29.1 Å². The van der Waals surface area contributed by atoms with Crippen LogP contribution >= 0.6 is 11.8 Å². The summed E-state index contributed by atoms with van der Waals surface area (Å²) in [5, 5.41) is 9.82. The van der Waals surface area contributed by atoms with E-state index in [0.29, 0.717) is 16.4 Å². The molecule has 0 aliphatic carbocycles. The number of anilines is 1. The molecule has 0 aliphatic heterocycles. The minimum Gasteiger partial charge on any atom is -0.324 e. The summed E-state index contributed by atoms with van der Waals surface area (Å²) in [7, 11) is 0. The number of carbonyl (C=O) groups excluding carboxylic acids is 2. The molecule has 7 heteroatoms. The Bertz CT molecular complexity index is 684. The van der Waals surface area contributed by atoms with E-state index in [4.69, 9.17) is 0 Å². The van der Waals surface area contributed by atoms with Crippen molar-refractivity contribution in [2.45, 2.75) is 37.6 Å². The van der Waals surface area contributed by atoms with Crippen molar-refractivity contribution in [1.29, 1.82) is 0 Å². The quantitative estimate of drug-likeness (QED) is 0.631. The highest BCUT2D eigenvalue weighted by Crippen LogP contribution is 2.22. The Labute approximate surface area is 133 Å². The number of Topliss-reactive ketones (excluding diaryl/α,β-unsaturated/α-hetero) is 1. The predicted molar refractivity (Wildman–Crippen MR) is 86.2 cm³/mol. The van der Waals surface area contributed by atoms with Gasteiger partial charge in [-0.1, -0.05) is 30.8 Å². The number of nitrogens with one attached hydrogen (secondary N) is 2. The SMILES string of the molecule is CCc1nc(SC(C)C(=O)Nc2ccccc2C(C)=O)n[nH]1. The third-order valence-electron chi connectivity index (χ3n) is 3.06. The summed E-state index contributed by atoms with van der Waals surface area (Å²) in [6.45, 7) is 5.23. The van der Waals surface area contributed by atoms with Gasteiger partial charge in [0.15, 0.2) is 5.78 Å². The fourth-order valence-corrected chi connectivity index (χ4v) is 2.58. The molecule has 0 spiro atoms. The Hall–Kier alpha value is -2.15. The van der Waals surface area contributed by atoms with Crippen LogP contribution in [0.5, 0.6) is 0 Å². The van der Waals surface area contributed by atoms with E-state index in [1.807, 2.05) is 6.92 Å². The lowest BCUT2D eigenvalue weighted by atomic mass is 10.1. The summed E-state index contributed by atoms with van der Waals surface area (Å²) in [6, 6.07) is 6.96. The van der Waals surface area contributed by atoms with Gasteiger partial charge in [-0.3, -0.25) is 14.7 Å². The highest BCUT2D eigenvalue weighted by atomic mass is 32.2. The van der Waals surface area contributed by atoms with E-state index in [1.165, 1.54) is 18.7 Å². The molecule has 6 nitrogen and oxygen atoms in total. The summed E-state index contributed by atoms with van der Waals surface area (Å²) in [4.78, 5) is 28.1. The highest BCUT2D eigenvalue weighted by molar-refractivity contribution is 8.00. The summed E-state index contributed by atoms with van der Waals surface area (Å²) >= 11 is 1.27. The first kappa shape index (κ1) is 16.2. The molecule has 0 saturated heterocycles. The molecule has 1 heterocycles. The number of amides is 1. The Morgan fingerprint density at radius 3 is 2.73 bits per heavy atom. The third kappa shape index (κ3) is 3.94. The summed E-state index contributed by atoms with van der Waals surface area (Å²) in [5.74, 6) is 0.511. The van der Waals surface area contributed by atoms with Crippen LogP contribution < -0.4 is 5.32 Å². The zero-order chi connectivity index (χ0) is 16.1. The van der Waals surface area contributed by atoms with Crippen molar-refractivity contribution in [2.75, 3.05) is 5.32 Å². The minimum absolute atomic E-state index is 0.0854. The summed E-state index contributed by atoms with van der Waals surface area (Å²) < 4.78 is 0. The van der Waals surface area contributed by atoms with Crippen molar-refractivity contribution < 1.29 is 9.59 Å². The number of para-hydroxylation sites is 1. The van der Waals surface area contributed by atoms with Crippen LogP contribution in [0, 0.1) is 0 Å². The van der Waals surface area contributed by atoms with Crippen molar-refractivity contribution in [1.82, 2.24) is 15.2 Å². The van der Waals surface area contributed by atoms with Gasteiger partial charge in [0.05, 0.1) is 10.9 Å². The lowest BCUT2D eigenvalue weighted by molar-refractivity contribution is -0.115. The first-order valence-corrected chi connectivity index (χ1v) is 7.88. The maximum absolute atomic E-state index is 12.3. The van der Waals surface area contributed by atoms with E-state index in [2.05, 4.69) is 20.5 Å². The van der Waals surface area contributed by atoms with Crippen LogP contribution in [0.4, 0.5) is 5.69 Å². The fourth-order valence-electron chi connectivity index (χ4n) is 1.83. The zero-order valence-corrected chi connectivity index (χ0v) is 13.5. The summed E-state index contributed by atoms with van der Waals surface area (Å²) in [5.41, 5.74) is 1.02.